The zero-order chi connectivity index (χ0) is 52.6. The van der Waals surface area contributed by atoms with Crippen molar-refractivity contribution in [2.24, 2.45) is 0 Å². The van der Waals surface area contributed by atoms with Crippen LogP contribution in [0.25, 0.3) is 0 Å². The molecule has 0 spiro atoms. The Balaban J connectivity index is 1.28. The Hall–Kier alpha value is -8.69. The Kier molecular flexibility index (Phi) is 15.7. The highest BCUT2D eigenvalue weighted by atomic mass is 32.3. The van der Waals surface area contributed by atoms with E-state index in [9.17, 15) is 57.6 Å². The molecule has 0 aliphatic carbocycles. The van der Waals surface area contributed by atoms with Gasteiger partial charge in [0.15, 0.2) is 0 Å². The molecule has 0 aliphatic rings. The lowest BCUT2D eigenvalue weighted by molar-refractivity contribution is 0.101. The molecular formula is C41H32N6O21S4. The summed E-state index contributed by atoms with van der Waals surface area (Å²) >= 11 is 0. The van der Waals surface area contributed by atoms with Gasteiger partial charge >= 0.3 is 47.6 Å². The minimum atomic E-state index is -4.87. The Morgan fingerprint density at radius 1 is 0.292 bits per heavy atom. The van der Waals surface area contributed by atoms with Crippen LogP contribution in [0.1, 0.15) is 41.4 Å². The highest BCUT2D eigenvalue weighted by Gasteiger charge is 2.20. The molecule has 6 aromatic carbocycles. The second-order valence-electron chi connectivity index (χ2n) is 14.1. The summed E-state index contributed by atoms with van der Waals surface area (Å²) in [4.78, 5) is 68.0. The van der Waals surface area contributed by atoms with Crippen molar-refractivity contribution < 1.29 is 92.6 Å². The molecule has 0 saturated carbocycles. The van der Waals surface area contributed by atoms with Crippen molar-refractivity contribution in [1.82, 2.24) is 0 Å². The van der Waals surface area contributed by atoms with Gasteiger partial charge in [-0.25, -0.2) is 4.79 Å². The Labute approximate surface area is 406 Å². The zero-order valence-electron chi connectivity index (χ0n) is 35.6. The minimum Gasteiger partial charge on any atom is -0.362 e. The quantitative estimate of drug-likeness (QED) is 0.0502. The summed E-state index contributed by atoms with van der Waals surface area (Å²) in [7, 11) is -19.5. The van der Waals surface area contributed by atoms with Crippen LogP contribution < -0.4 is 48.6 Å². The van der Waals surface area contributed by atoms with Gasteiger partial charge in [0.2, 0.25) is 0 Å². The lowest BCUT2D eigenvalue weighted by Crippen LogP contribution is -2.22. The summed E-state index contributed by atoms with van der Waals surface area (Å²) in [6.07, 6.45) is 0. The largest absolute Gasteiger partial charge is 0.446 e. The van der Waals surface area contributed by atoms with E-state index in [1.807, 2.05) is 0 Å². The fourth-order valence-electron chi connectivity index (χ4n) is 5.89. The third-order valence-electron chi connectivity index (χ3n) is 8.69. The van der Waals surface area contributed by atoms with E-state index in [0.717, 1.165) is 84.9 Å². The molecular weight excluding hydrogens is 1040 g/mol. The SMILES string of the molecule is O=C(Nc1cc(C(=O)Nc2ccc(OS(=O)(=O)O)cc2)cc(C(=O)Nc2ccc(OS(=O)(=O)O)cc2)c1)Nc1cc(C(=O)Nc2ccc(OS(=O)(=O)O)cc2)cc(C(=O)Nc2ccc(OS(=O)(=O)O)cc2)c1. The molecule has 0 bridgehead atoms. The summed E-state index contributed by atoms with van der Waals surface area (Å²) in [5.41, 5.74) is -1.23. The molecule has 0 aromatic heterocycles. The van der Waals surface area contributed by atoms with Crippen molar-refractivity contribution in [3.8, 4) is 23.0 Å². The van der Waals surface area contributed by atoms with Crippen molar-refractivity contribution in [2.75, 3.05) is 31.9 Å². The van der Waals surface area contributed by atoms with E-state index in [0.29, 0.717) is 0 Å². The molecule has 31 heteroatoms. The van der Waals surface area contributed by atoms with E-state index in [1.165, 1.54) is 48.5 Å². The van der Waals surface area contributed by atoms with Gasteiger partial charge in [0.1, 0.15) is 23.0 Å². The number of rotatable bonds is 18. The van der Waals surface area contributed by atoms with Crippen LogP contribution >= 0.6 is 0 Å². The molecule has 0 heterocycles. The highest BCUT2D eigenvalue weighted by Crippen LogP contribution is 2.25. The molecule has 0 fully saturated rings. The average Bonchev–Trinajstić information content (AvgIpc) is 3.26. The molecule has 0 saturated heterocycles. The Morgan fingerprint density at radius 3 is 0.667 bits per heavy atom. The predicted molar refractivity (Wildman–Crippen MR) is 252 cm³/mol. The van der Waals surface area contributed by atoms with Crippen molar-refractivity contribution >= 4 is 105 Å². The summed E-state index contributed by atoms with van der Waals surface area (Å²) in [5, 5.41) is 14.9. The Morgan fingerprint density at radius 2 is 0.486 bits per heavy atom. The van der Waals surface area contributed by atoms with Crippen LogP contribution in [-0.4, -0.2) is 81.5 Å². The molecule has 0 unspecified atom stereocenters. The van der Waals surface area contributed by atoms with Crippen molar-refractivity contribution in [3.05, 3.63) is 156 Å². The third-order valence-corrected chi connectivity index (χ3v) is 10.3. The zero-order valence-corrected chi connectivity index (χ0v) is 38.8. The lowest BCUT2D eigenvalue weighted by Gasteiger charge is -2.14. The third kappa shape index (κ3) is 16.8. The van der Waals surface area contributed by atoms with Gasteiger partial charge in [-0.3, -0.25) is 37.4 Å². The maximum atomic E-state index is 13.7. The number of anilines is 6. The van der Waals surface area contributed by atoms with Crippen LogP contribution in [0.2, 0.25) is 0 Å². The molecule has 0 radical (unpaired) electrons. The summed E-state index contributed by atoms with van der Waals surface area (Å²) < 4.78 is 142. The topological polar surface area (TPSA) is 412 Å². The van der Waals surface area contributed by atoms with Gasteiger partial charge in [0, 0.05) is 56.4 Å². The number of carbonyl (C=O) groups excluding carboxylic acids is 5. The number of nitrogens with one attached hydrogen (secondary N) is 6. The number of benzene rings is 6. The standard InChI is InChI=1S/C41H32N6O21S4/c48-37(42-27-1-9-33(10-2-27)65-69(53,54)55)23-17-24(38(49)43-28-3-11-34(12-4-28)66-70(56,57)58)20-31(19-23)46-41(52)47-32-21-25(39(50)44-29-5-13-35(14-6-29)67-71(59,60)61)18-26(22-32)40(51)45-30-7-15-36(16-8-30)68-72(62,63)64/h1-22H,(H,42,48)(H,43,49)(H,44,50)(H,45,51)(H2,46,47,52)(H,53,54,55)(H,56,57,58)(H,59,60,61)(H,62,63,64). The monoisotopic (exact) mass is 1070 g/mol. The van der Waals surface area contributed by atoms with Gasteiger partial charge in [0.25, 0.3) is 23.6 Å². The number of urea groups is 1. The molecule has 10 N–H and O–H groups in total. The van der Waals surface area contributed by atoms with Crippen LogP contribution in [0.15, 0.2) is 133 Å². The number of carbonyl (C=O) groups is 5. The van der Waals surface area contributed by atoms with E-state index >= 15 is 0 Å². The minimum absolute atomic E-state index is 0.0621. The molecule has 27 nitrogen and oxygen atoms in total. The smallest absolute Gasteiger partial charge is 0.362 e. The van der Waals surface area contributed by atoms with Gasteiger partial charge in [-0.1, -0.05) is 0 Å². The van der Waals surface area contributed by atoms with Crippen LogP contribution in [0.5, 0.6) is 23.0 Å². The maximum Gasteiger partial charge on any atom is 0.446 e. The number of hydrogen-bond acceptors (Lipinski definition) is 17. The van der Waals surface area contributed by atoms with Gasteiger partial charge in [0.05, 0.1) is 0 Å². The van der Waals surface area contributed by atoms with E-state index in [2.05, 4.69) is 48.6 Å². The molecule has 6 aromatic rings. The normalized spacial score (nSPS) is 11.5. The average molecular weight is 1070 g/mol. The van der Waals surface area contributed by atoms with E-state index < -0.39 is 71.3 Å². The molecule has 6 amide bonds. The second kappa shape index (κ2) is 21.5. The van der Waals surface area contributed by atoms with Crippen LogP contribution in [-0.2, 0) is 41.6 Å². The summed E-state index contributed by atoms with van der Waals surface area (Å²) in [6.45, 7) is 0. The highest BCUT2D eigenvalue weighted by molar-refractivity contribution is 7.82. The summed E-state index contributed by atoms with van der Waals surface area (Å²) in [6, 6.07) is 24.0. The first-order chi connectivity index (χ1) is 33.6. The van der Waals surface area contributed by atoms with Crippen molar-refractivity contribution in [3.63, 3.8) is 0 Å². The number of amides is 6. The second-order valence-corrected chi connectivity index (χ2v) is 18.2. The molecule has 0 atom stereocenters. The first kappa shape index (κ1) is 52.7. The molecule has 6 rings (SSSR count). The van der Waals surface area contributed by atoms with Gasteiger partial charge in [-0.15, -0.1) is 0 Å². The molecule has 72 heavy (non-hydrogen) atoms. The van der Waals surface area contributed by atoms with Crippen LogP contribution in [0, 0.1) is 0 Å². The summed E-state index contributed by atoms with van der Waals surface area (Å²) in [5.74, 6) is -4.82. The number of hydrogen-bond donors (Lipinski definition) is 10. The van der Waals surface area contributed by atoms with Gasteiger partial charge in [-0.05, 0) is 133 Å². The van der Waals surface area contributed by atoms with E-state index in [-0.39, 0.29) is 79.4 Å². The van der Waals surface area contributed by atoms with E-state index in [1.54, 1.807) is 0 Å². The van der Waals surface area contributed by atoms with Gasteiger partial charge in [-0.2, -0.15) is 33.7 Å². The fourth-order valence-corrected chi connectivity index (χ4v) is 7.31. The first-order valence-corrected chi connectivity index (χ1v) is 24.8. The Bertz CT molecular complexity index is 3090. The lowest BCUT2D eigenvalue weighted by atomic mass is 10.1. The van der Waals surface area contributed by atoms with Crippen molar-refractivity contribution in [1.29, 1.82) is 0 Å². The molecule has 0 aliphatic heterocycles. The van der Waals surface area contributed by atoms with Gasteiger partial charge < -0.3 is 48.6 Å². The van der Waals surface area contributed by atoms with Crippen molar-refractivity contribution in [2.45, 2.75) is 0 Å². The van der Waals surface area contributed by atoms with E-state index in [4.69, 9.17) is 18.2 Å². The van der Waals surface area contributed by atoms with Crippen LogP contribution in [0.3, 0.4) is 0 Å². The first-order valence-electron chi connectivity index (χ1n) is 19.3. The van der Waals surface area contributed by atoms with Crippen LogP contribution in [0.4, 0.5) is 38.9 Å². The molecule has 376 valence electrons. The maximum absolute atomic E-state index is 13.7. The predicted octanol–water partition coefficient (Wildman–Crippen LogP) is 5.07. The fraction of sp³-hybridized carbons (Fsp3) is 0.